The zero-order valence-electron chi connectivity index (χ0n) is 19.7. The number of aromatic nitrogens is 8. The third-order valence-electron chi connectivity index (χ3n) is 5.70. The first-order chi connectivity index (χ1) is 16.1. The van der Waals surface area contributed by atoms with Gasteiger partial charge in [-0.25, -0.2) is 14.8 Å². The van der Waals surface area contributed by atoms with E-state index in [1.165, 1.54) is 12.8 Å². The minimum atomic E-state index is 0.629. The number of nitrogens with one attached hydrogen (secondary N) is 1. The highest BCUT2D eigenvalue weighted by Gasteiger charge is 2.13. The summed E-state index contributed by atoms with van der Waals surface area (Å²) in [5.41, 5.74) is 3.89. The van der Waals surface area contributed by atoms with Crippen molar-refractivity contribution in [2.75, 3.05) is 0 Å². The molecule has 1 N–H and O–H groups in total. The number of aromatic amines is 1. The Labute approximate surface area is 194 Å². The third kappa shape index (κ3) is 5.88. The molecule has 0 bridgehead atoms. The molecule has 0 fully saturated rings. The first-order valence-electron chi connectivity index (χ1n) is 11.8. The third-order valence-corrected chi connectivity index (χ3v) is 5.70. The number of H-pyrrole nitrogens is 1. The van der Waals surface area contributed by atoms with Crippen LogP contribution < -0.4 is 0 Å². The lowest BCUT2D eigenvalue weighted by atomic mass is 10.0. The van der Waals surface area contributed by atoms with Crippen LogP contribution in [0.1, 0.15) is 63.7 Å². The van der Waals surface area contributed by atoms with E-state index in [2.05, 4.69) is 52.1 Å². The Kier molecular flexibility index (Phi) is 7.55. The summed E-state index contributed by atoms with van der Waals surface area (Å²) in [5.74, 6) is 3.31. The van der Waals surface area contributed by atoms with Gasteiger partial charge in [-0.05, 0) is 40.8 Å². The van der Waals surface area contributed by atoms with E-state index < -0.39 is 0 Å². The van der Waals surface area contributed by atoms with Crippen LogP contribution in [0.25, 0.3) is 22.6 Å². The lowest BCUT2D eigenvalue weighted by Crippen LogP contribution is -2.08. The Bertz CT molecular complexity index is 1130. The Morgan fingerprint density at radius 2 is 1.85 bits per heavy atom. The number of aryl methyl sites for hydroxylation is 2. The maximum absolute atomic E-state index is 4.86. The minimum absolute atomic E-state index is 0.629. The number of unbranched alkanes of at least 4 members (excludes halogenated alkanes) is 2. The largest absolute Gasteiger partial charge is 0.256 e. The van der Waals surface area contributed by atoms with E-state index in [1.54, 1.807) is 0 Å². The van der Waals surface area contributed by atoms with Crippen LogP contribution >= 0.6 is 0 Å². The van der Waals surface area contributed by atoms with Gasteiger partial charge in [0.05, 0.1) is 12.2 Å². The molecule has 172 valence electrons. The van der Waals surface area contributed by atoms with E-state index in [1.807, 2.05) is 36.5 Å². The standard InChI is InChI=1S/C25H32N8/c1-4-5-6-11-24-27-23(15-12-18(2)3)30-33(24)17-19-13-14-22(26-16-19)20-9-7-8-10-21(20)25-28-31-32-29-25/h7-10,13-14,16,18H,4-6,11-12,15,17H2,1-3H3,(H,28,29,31,32). The number of hydrogen-bond donors (Lipinski definition) is 1. The van der Waals surface area contributed by atoms with Gasteiger partial charge in [0.25, 0.3) is 0 Å². The molecule has 8 nitrogen and oxygen atoms in total. The van der Waals surface area contributed by atoms with E-state index in [-0.39, 0.29) is 0 Å². The van der Waals surface area contributed by atoms with Crippen LogP contribution in [-0.2, 0) is 19.4 Å². The van der Waals surface area contributed by atoms with E-state index in [4.69, 9.17) is 15.1 Å². The molecule has 0 radical (unpaired) electrons. The van der Waals surface area contributed by atoms with Crippen LogP contribution in [0.4, 0.5) is 0 Å². The summed E-state index contributed by atoms with van der Waals surface area (Å²) in [6, 6.07) is 12.1. The van der Waals surface area contributed by atoms with Crippen LogP contribution in [0.5, 0.6) is 0 Å². The lowest BCUT2D eigenvalue weighted by Gasteiger charge is -2.09. The molecule has 0 spiro atoms. The van der Waals surface area contributed by atoms with Gasteiger partial charge in [0, 0.05) is 30.2 Å². The second-order valence-electron chi connectivity index (χ2n) is 8.84. The lowest BCUT2D eigenvalue weighted by molar-refractivity contribution is 0.566. The molecule has 8 heteroatoms. The average Bonchev–Trinajstić information content (AvgIpc) is 3.49. The zero-order chi connectivity index (χ0) is 23.0. The molecule has 4 rings (SSSR count). The smallest absolute Gasteiger partial charge is 0.180 e. The molecule has 1 aromatic carbocycles. The number of tetrazole rings is 1. The summed E-state index contributed by atoms with van der Waals surface area (Å²) in [4.78, 5) is 9.61. The van der Waals surface area contributed by atoms with Gasteiger partial charge in [-0.3, -0.25) is 4.98 Å². The van der Waals surface area contributed by atoms with Gasteiger partial charge >= 0.3 is 0 Å². The summed E-state index contributed by atoms with van der Waals surface area (Å²) in [6.07, 6.45) is 8.48. The second-order valence-corrected chi connectivity index (χ2v) is 8.84. The van der Waals surface area contributed by atoms with Crippen molar-refractivity contribution >= 4 is 0 Å². The summed E-state index contributed by atoms with van der Waals surface area (Å²) in [7, 11) is 0. The van der Waals surface area contributed by atoms with Gasteiger partial charge < -0.3 is 0 Å². The van der Waals surface area contributed by atoms with Crippen LogP contribution in [-0.4, -0.2) is 40.4 Å². The zero-order valence-corrected chi connectivity index (χ0v) is 19.7. The molecule has 0 saturated carbocycles. The van der Waals surface area contributed by atoms with Crippen LogP contribution in [0.2, 0.25) is 0 Å². The topological polar surface area (TPSA) is 98.1 Å². The predicted molar refractivity (Wildman–Crippen MR) is 128 cm³/mol. The molecule has 3 heterocycles. The highest BCUT2D eigenvalue weighted by molar-refractivity contribution is 5.78. The number of nitrogens with zero attached hydrogens (tertiary/aromatic N) is 7. The molecule has 0 unspecified atom stereocenters. The Morgan fingerprint density at radius 1 is 1.00 bits per heavy atom. The van der Waals surface area contributed by atoms with Crippen molar-refractivity contribution in [1.82, 2.24) is 40.4 Å². The van der Waals surface area contributed by atoms with Gasteiger partial charge in [0.2, 0.25) is 0 Å². The van der Waals surface area contributed by atoms with Crippen molar-refractivity contribution in [3.05, 3.63) is 59.8 Å². The average molecular weight is 445 g/mol. The molecule has 0 atom stereocenters. The van der Waals surface area contributed by atoms with Gasteiger partial charge in [-0.2, -0.15) is 5.10 Å². The minimum Gasteiger partial charge on any atom is -0.256 e. The molecule has 33 heavy (non-hydrogen) atoms. The van der Waals surface area contributed by atoms with Crippen molar-refractivity contribution in [3.8, 4) is 22.6 Å². The quantitative estimate of drug-likeness (QED) is 0.331. The first kappa shape index (κ1) is 22.8. The highest BCUT2D eigenvalue weighted by Crippen LogP contribution is 2.28. The fraction of sp³-hybridized carbons (Fsp3) is 0.440. The van der Waals surface area contributed by atoms with Gasteiger partial charge in [0.15, 0.2) is 11.6 Å². The molecule has 4 aromatic rings. The fourth-order valence-electron chi connectivity index (χ4n) is 3.83. The van der Waals surface area contributed by atoms with Crippen molar-refractivity contribution in [2.24, 2.45) is 5.92 Å². The number of hydrogen-bond acceptors (Lipinski definition) is 6. The van der Waals surface area contributed by atoms with E-state index in [0.717, 1.165) is 59.7 Å². The van der Waals surface area contributed by atoms with Gasteiger partial charge in [0.1, 0.15) is 5.82 Å². The molecular weight excluding hydrogens is 412 g/mol. The van der Waals surface area contributed by atoms with Crippen LogP contribution in [0, 0.1) is 5.92 Å². The Hall–Kier alpha value is -3.42. The number of benzene rings is 1. The fourth-order valence-corrected chi connectivity index (χ4v) is 3.83. The SMILES string of the molecule is CCCCCc1nc(CCC(C)C)nn1Cc1ccc(-c2ccccc2-c2nnn[nH]2)nc1. The van der Waals surface area contributed by atoms with E-state index in [0.29, 0.717) is 18.3 Å². The monoisotopic (exact) mass is 444 g/mol. The highest BCUT2D eigenvalue weighted by atomic mass is 15.5. The van der Waals surface area contributed by atoms with Gasteiger partial charge in [-0.15, -0.1) is 5.10 Å². The van der Waals surface area contributed by atoms with Crippen molar-refractivity contribution in [1.29, 1.82) is 0 Å². The second kappa shape index (κ2) is 10.9. The van der Waals surface area contributed by atoms with Crippen LogP contribution in [0.15, 0.2) is 42.6 Å². The maximum Gasteiger partial charge on any atom is 0.180 e. The molecule has 0 aliphatic heterocycles. The van der Waals surface area contributed by atoms with Gasteiger partial charge in [-0.1, -0.05) is 63.9 Å². The van der Waals surface area contributed by atoms with Crippen molar-refractivity contribution < 1.29 is 0 Å². The normalized spacial score (nSPS) is 11.4. The molecule has 0 amide bonds. The number of rotatable bonds is 11. The molecular formula is C25H32N8. The van der Waals surface area contributed by atoms with Crippen molar-refractivity contribution in [2.45, 2.75) is 65.8 Å². The van der Waals surface area contributed by atoms with E-state index >= 15 is 0 Å². The first-order valence-corrected chi connectivity index (χ1v) is 11.8. The Morgan fingerprint density at radius 3 is 2.55 bits per heavy atom. The molecule has 0 aliphatic carbocycles. The summed E-state index contributed by atoms with van der Waals surface area (Å²) in [5, 5.41) is 19.1. The molecule has 0 aliphatic rings. The number of pyridine rings is 1. The molecule has 0 saturated heterocycles. The summed E-state index contributed by atoms with van der Waals surface area (Å²) >= 11 is 0. The van der Waals surface area contributed by atoms with Crippen molar-refractivity contribution in [3.63, 3.8) is 0 Å². The summed E-state index contributed by atoms with van der Waals surface area (Å²) < 4.78 is 2.07. The summed E-state index contributed by atoms with van der Waals surface area (Å²) in [6.45, 7) is 7.38. The predicted octanol–water partition coefficient (Wildman–Crippen LogP) is 4.89. The van der Waals surface area contributed by atoms with E-state index in [9.17, 15) is 0 Å². The Balaban J connectivity index is 1.53. The molecule has 3 aromatic heterocycles. The van der Waals surface area contributed by atoms with Crippen LogP contribution in [0.3, 0.4) is 0 Å². The maximum atomic E-state index is 4.86.